The average Bonchev–Trinajstić information content (AvgIpc) is 1.88. The lowest BCUT2D eigenvalue weighted by Crippen LogP contribution is -2.43. The van der Waals surface area contributed by atoms with E-state index in [1.807, 2.05) is 0 Å². The van der Waals surface area contributed by atoms with Crippen LogP contribution in [-0.4, -0.2) is 26.9 Å². The summed E-state index contributed by atoms with van der Waals surface area (Å²) in [6.07, 6.45) is 4.18. The van der Waals surface area contributed by atoms with Crippen LogP contribution in [0.2, 0.25) is 19.1 Å². The molecule has 0 aliphatic rings. The maximum atomic E-state index is 2.45. The van der Waals surface area contributed by atoms with E-state index in [1.165, 1.54) is 25.3 Å². The molecule has 0 fully saturated rings. The minimum Gasteiger partial charge on any atom is -0.329 e. The van der Waals surface area contributed by atoms with Crippen LogP contribution in [-0.2, 0) is 0 Å². The smallest absolute Gasteiger partial charge is 0.121 e. The molecule has 0 amide bonds. The number of rotatable bonds is 5. The van der Waals surface area contributed by atoms with Crippen molar-refractivity contribution in [1.29, 1.82) is 0 Å². The van der Waals surface area contributed by atoms with Gasteiger partial charge in [-0.1, -0.05) is 39.3 Å². The van der Waals surface area contributed by atoms with Crippen molar-refractivity contribution in [2.45, 2.75) is 45.3 Å². The zero-order valence-electron chi connectivity index (χ0n) is 8.78. The summed E-state index contributed by atoms with van der Waals surface area (Å²) in [4.78, 5) is 0. The molecule has 11 heavy (non-hydrogen) atoms. The molecule has 0 aromatic rings. The second-order valence-corrected chi connectivity index (χ2v) is 9.18. The van der Waals surface area contributed by atoms with E-state index in [1.54, 1.807) is 0 Å². The summed E-state index contributed by atoms with van der Waals surface area (Å²) in [5, 5.41) is 0. The van der Waals surface area contributed by atoms with Gasteiger partial charge in [-0.2, -0.15) is 0 Å². The van der Waals surface area contributed by atoms with Crippen molar-refractivity contribution in [3.8, 4) is 0 Å². The van der Waals surface area contributed by atoms with Crippen molar-refractivity contribution in [2.75, 3.05) is 14.1 Å². The Balaban J connectivity index is 3.55. The van der Waals surface area contributed by atoms with Gasteiger partial charge in [-0.25, -0.2) is 0 Å². The largest absolute Gasteiger partial charge is 0.329 e. The molecule has 0 atom stereocenters. The topological polar surface area (TPSA) is 3.24 Å². The summed E-state index contributed by atoms with van der Waals surface area (Å²) in [6, 6.07) is 1.45. The van der Waals surface area contributed by atoms with Crippen molar-refractivity contribution >= 4 is 8.24 Å². The molecule has 2 heteroatoms. The Morgan fingerprint density at radius 1 is 1.09 bits per heavy atom. The normalized spacial score (nSPS) is 12.5. The molecule has 0 spiro atoms. The van der Waals surface area contributed by atoms with Crippen LogP contribution in [0.4, 0.5) is 0 Å². The van der Waals surface area contributed by atoms with Crippen LogP contribution in [0.3, 0.4) is 0 Å². The van der Waals surface area contributed by atoms with Gasteiger partial charge in [0.25, 0.3) is 0 Å². The summed E-state index contributed by atoms with van der Waals surface area (Å²) >= 11 is 0. The molecular weight excluding hydrogens is 150 g/mol. The Morgan fingerprint density at radius 2 is 1.64 bits per heavy atom. The number of nitrogens with zero attached hydrogens (tertiary/aromatic N) is 1. The zero-order chi connectivity index (χ0) is 8.91. The Hall–Kier alpha value is 0.177. The lowest BCUT2D eigenvalue weighted by Gasteiger charge is -2.30. The first-order valence-electron chi connectivity index (χ1n) is 4.68. The monoisotopic (exact) mass is 173 g/mol. The molecule has 0 heterocycles. The van der Waals surface area contributed by atoms with E-state index in [0.29, 0.717) is 0 Å². The van der Waals surface area contributed by atoms with Gasteiger partial charge < -0.3 is 4.57 Å². The van der Waals surface area contributed by atoms with Crippen LogP contribution in [0.25, 0.3) is 0 Å². The third-order valence-corrected chi connectivity index (χ3v) is 6.60. The van der Waals surface area contributed by atoms with Gasteiger partial charge in [0.2, 0.25) is 0 Å². The molecule has 0 unspecified atom stereocenters. The highest BCUT2D eigenvalue weighted by Crippen LogP contribution is 2.15. The second kappa shape index (κ2) is 4.94. The first-order chi connectivity index (χ1) is 5.00. The SMILES string of the molecule is CCCCC[Si](C)(C)N(C)C. The third kappa shape index (κ3) is 4.59. The van der Waals surface area contributed by atoms with E-state index >= 15 is 0 Å². The molecule has 0 N–H and O–H groups in total. The van der Waals surface area contributed by atoms with Crippen molar-refractivity contribution in [3.63, 3.8) is 0 Å². The van der Waals surface area contributed by atoms with Gasteiger partial charge in [0.15, 0.2) is 0 Å². The van der Waals surface area contributed by atoms with Crippen LogP contribution >= 0.6 is 0 Å². The van der Waals surface area contributed by atoms with E-state index in [-0.39, 0.29) is 0 Å². The summed E-state index contributed by atoms with van der Waals surface area (Å²) < 4.78 is 2.45. The molecule has 0 bridgehead atoms. The fraction of sp³-hybridized carbons (Fsp3) is 1.00. The first kappa shape index (κ1) is 11.2. The van der Waals surface area contributed by atoms with Gasteiger partial charge >= 0.3 is 0 Å². The highest BCUT2D eigenvalue weighted by atomic mass is 28.3. The fourth-order valence-corrected chi connectivity index (χ4v) is 2.59. The van der Waals surface area contributed by atoms with E-state index in [9.17, 15) is 0 Å². The summed E-state index contributed by atoms with van der Waals surface area (Å²) in [7, 11) is 3.46. The Labute approximate surface area is 72.9 Å². The fourth-order valence-electron chi connectivity index (χ4n) is 1.03. The lowest BCUT2D eigenvalue weighted by molar-refractivity contribution is 0.606. The van der Waals surface area contributed by atoms with Crippen LogP contribution in [0.15, 0.2) is 0 Å². The molecular formula is C9H23NSi. The number of hydrogen-bond donors (Lipinski definition) is 0. The minimum absolute atomic E-state index is 0.985. The molecule has 0 radical (unpaired) electrons. The van der Waals surface area contributed by atoms with Gasteiger partial charge in [0.1, 0.15) is 8.24 Å². The zero-order valence-corrected chi connectivity index (χ0v) is 9.78. The number of unbranched alkanes of at least 4 members (excludes halogenated alkanes) is 2. The van der Waals surface area contributed by atoms with E-state index < -0.39 is 8.24 Å². The molecule has 0 rings (SSSR count). The van der Waals surface area contributed by atoms with E-state index in [4.69, 9.17) is 0 Å². The predicted molar refractivity (Wildman–Crippen MR) is 55.5 cm³/mol. The number of hydrogen-bond acceptors (Lipinski definition) is 1. The van der Waals surface area contributed by atoms with Gasteiger partial charge in [-0.3, -0.25) is 0 Å². The molecule has 0 aromatic heterocycles. The van der Waals surface area contributed by atoms with Crippen molar-refractivity contribution < 1.29 is 0 Å². The lowest BCUT2D eigenvalue weighted by atomic mass is 10.3. The highest BCUT2D eigenvalue weighted by Gasteiger charge is 2.22. The minimum atomic E-state index is -0.985. The maximum Gasteiger partial charge on any atom is 0.121 e. The molecule has 1 nitrogen and oxygen atoms in total. The summed E-state index contributed by atoms with van der Waals surface area (Å²) in [5.74, 6) is 0. The standard InChI is InChI=1S/C9H23NSi/c1-6-7-8-9-11(4,5)10(2)3/h6-9H2,1-5H3. The molecule has 0 saturated heterocycles. The van der Waals surface area contributed by atoms with E-state index in [0.717, 1.165) is 0 Å². The second-order valence-electron chi connectivity index (χ2n) is 4.16. The molecule has 0 aliphatic carbocycles. The van der Waals surface area contributed by atoms with Crippen molar-refractivity contribution in [1.82, 2.24) is 4.57 Å². The third-order valence-electron chi connectivity index (χ3n) is 2.60. The van der Waals surface area contributed by atoms with Crippen LogP contribution in [0.1, 0.15) is 26.2 Å². The van der Waals surface area contributed by atoms with Gasteiger partial charge in [0, 0.05) is 0 Å². The Bertz CT molecular complexity index is 99.7. The van der Waals surface area contributed by atoms with Gasteiger partial charge in [-0.15, -0.1) is 0 Å². The molecule has 0 aliphatic heterocycles. The predicted octanol–water partition coefficient (Wildman–Crippen LogP) is 2.94. The van der Waals surface area contributed by atoms with Gasteiger partial charge in [0.05, 0.1) is 0 Å². The summed E-state index contributed by atoms with van der Waals surface area (Å²) in [5.41, 5.74) is 0. The van der Waals surface area contributed by atoms with Crippen LogP contribution < -0.4 is 0 Å². The molecule has 68 valence electrons. The van der Waals surface area contributed by atoms with Gasteiger partial charge in [-0.05, 0) is 20.1 Å². The Kier molecular flexibility index (Phi) is 5.02. The molecule has 0 saturated carbocycles. The average molecular weight is 173 g/mol. The van der Waals surface area contributed by atoms with Crippen molar-refractivity contribution in [3.05, 3.63) is 0 Å². The highest BCUT2D eigenvalue weighted by molar-refractivity contribution is 6.74. The molecule has 0 aromatic carbocycles. The van der Waals surface area contributed by atoms with Crippen molar-refractivity contribution in [2.24, 2.45) is 0 Å². The summed E-state index contributed by atoms with van der Waals surface area (Å²) in [6.45, 7) is 7.16. The maximum absolute atomic E-state index is 2.45. The Morgan fingerprint density at radius 3 is 2.00 bits per heavy atom. The van der Waals surface area contributed by atoms with Crippen LogP contribution in [0.5, 0.6) is 0 Å². The van der Waals surface area contributed by atoms with E-state index in [2.05, 4.69) is 38.7 Å². The first-order valence-corrected chi connectivity index (χ1v) is 7.83. The van der Waals surface area contributed by atoms with Crippen LogP contribution in [0, 0.1) is 0 Å². The quantitative estimate of drug-likeness (QED) is 0.456.